The van der Waals surface area contributed by atoms with Gasteiger partial charge >= 0.3 is 0 Å². The maximum Gasteiger partial charge on any atom is 0.161 e. The maximum atomic E-state index is 6.35. The van der Waals surface area contributed by atoms with Gasteiger partial charge in [0.15, 0.2) is 11.5 Å². The van der Waals surface area contributed by atoms with Crippen LogP contribution in [0.1, 0.15) is 24.0 Å². The lowest BCUT2D eigenvalue weighted by Gasteiger charge is -2.45. The van der Waals surface area contributed by atoms with E-state index in [4.69, 9.17) is 14.2 Å². The van der Waals surface area contributed by atoms with Crippen LogP contribution in [0.4, 0.5) is 5.69 Å². The lowest BCUT2D eigenvalue weighted by Crippen LogP contribution is -2.46. The van der Waals surface area contributed by atoms with Crippen LogP contribution in [-0.4, -0.2) is 38.9 Å². The van der Waals surface area contributed by atoms with Crippen LogP contribution in [0.15, 0.2) is 36.7 Å². The number of hydrogen-bond acceptors (Lipinski definition) is 5. The summed E-state index contributed by atoms with van der Waals surface area (Å²) in [6, 6.07) is 8.38. The van der Waals surface area contributed by atoms with Crippen LogP contribution < -0.4 is 14.4 Å². The molecule has 0 unspecified atom stereocenters. The number of ether oxygens (including phenoxy) is 3. The Bertz CT molecular complexity index is 740. The molecule has 1 aromatic heterocycles. The van der Waals surface area contributed by atoms with Crippen LogP contribution in [0.3, 0.4) is 0 Å². The zero-order valence-electron chi connectivity index (χ0n) is 14.8. The molecule has 1 aromatic carbocycles. The van der Waals surface area contributed by atoms with Crippen molar-refractivity contribution in [1.82, 2.24) is 4.98 Å². The van der Waals surface area contributed by atoms with E-state index in [0.29, 0.717) is 0 Å². The summed E-state index contributed by atoms with van der Waals surface area (Å²) in [6.07, 6.45) is 6.56. The van der Waals surface area contributed by atoms with Crippen molar-refractivity contribution >= 4 is 5.69 Å². The number of anilines is 1. The van der Waals surface area contributed by atoms with E-state index in [1.54, 1.807) is 14.2 Å². The van der Waals surface area contributed by atoms with Gasteiger partial charge in [0, 0.05) is 31.2 Å². The fourth-order valence-electron chi connectivity index (χ4n) is 4.08. The Morgan fingerprint density at radius 1 is 1.04 bits per heavy atom. The van der Waals surface area contributed by atoms with E-state index < -0.39 is 0 Å². The van der Waals surface area contributed by atoms with Gasteiger partial charge in [-0.05, 0) is 54.7 Å². The predicted molar refractivity (Wildman–Crippen MR) is 96.6 cm³/mol. The van der Waals surface area contributed by atoms with E-state index in [9.17, 15) is 0 Å². The van der Waals surface area contributed by atoms with Gasteiger partial charge in [-0.15, -0.1) is 0 Å². The summed E-state index contributed by atoms with van der Waals surface area (Å²) in [7, 11) is 3.37. The van der Waals surface area contributed by atoms with Crippen LogP contribution >= 0.6 is 0 Å². The van der Waals surface area contributed by atoms with Crippen molar-refractivity contribution in [3.63, 3.8) is 0 Å². The highest BCUT2D eigenvalue weighted by molar-refractivity contribution is 5.51. The van der Waals surface area contributed by atoms with Crippen LogP contribution in [0.2, 0.25) is 0 Å². The van der Waals surface area contributed by atoms with E-state index in [-0.39, 0.29) is 5.60 Å². The fraction of sp³-hybridized carbons (Fsp3) is 0.450. The Balaban J connectivity index is 1.63. The second-order valence-corrected chi connectivity index (χ2v) is 6.65. The summed E-state index contributed by atoms with van der Waals surface area (Å²) >= 11 is 0. The Kier molecular flexibility index (Phi) is 4.25. The van der Waals surface area contributed by atoms with Crippen molar-refractivity contribution < 1.29 is 14.2 Å². The molecule has 5 heteroatoms. The summed E-state index contributed by atoms with van der Waals surface area (Å²) in [5.41, 5.74) is 3.61. The van der Waals surface area contributed by atoms with Crippen molar-refractivity contribution in [3.8, 4) is 11.5 Å². The van der Waals surface area contributed by atoms with Crippen molar-refractivity contribution in [1.29, 1.82) is 0 Å². The third kappa shape index (κ3) is 2.82. The molecule has 0 bridgehead atoms. The van der Waals surface area contributed by atoms with Gasteiger partial charge in [0.1, 0.15) is 0 Å². The summed E-state index contributed by atoms with van der Waals surface area (Å²) in [6.45, 7) is 2.70. The highest BCUT2D eigenvalue weighted by atomic mass is 16.5. The van der Waals surface area contributed by atoms with E-state index in [1.165, 1.54) is 16.8 Å². The molecule has 2 aliphatic rings. The molecule has 132 valence electrons. The molecule has 0 radical (unpaired) electrons. The number of aromatic nitrogens is 1. The molecule has 3 heterocycles. The predicted octanol–water partition coefficient (Wildman–Crippen LogP) is 3.17. The molecule has 0 atom stereocenters. The van der Waals surface area contributed by atoms with E-state index in [2.05, 4.69) is 34.1 Å². The molecule has 2 aromatic rings. The maximum absolute atomic E-state index is 6.35. The average Bonchev–Trinajstić information content (AvgIpc) is 2.68. The van der Waals surface area contributed by atoms with Gasteiger partial charge in [-0.3, -0.25) is 4.98 Å². The molecule has 5 nitrogen and oxygen atoms in total. The average molecular weight is 340 g/mol. The zero-order valence-corrected chi connectivity index (χ0v) is 14.8. The third-order valence-electron chi connectivity index (χ3n) is 5.45. The molecule has 0 aliphatic carbocycles. The molecular weight excluding hydrogens is 316 g/mol. The molecular formula is C20H24N2O3. The Hall–Kier alpha value is -2.27. The molecule has 25 heavy (non-hydrogen) atoms. The molecule has 0 saturated carbocycles. The number of benzene rings is 1. The molecule has 0 amide bonds. The molecule has 2 aliphatic heterocycles. The standard InChI is InChI=1S/C20H24N2O3/c1-23-18-13-15-5-12-25-20(17(15)14-19(18)24-2)6-10-22(11-7-20)16-3-8-21-9-4-16/h3-4,8-9,13-14H,5-7,10-12H2,1-2H3. The van der Waals surface area contributed by atoms with Gasteiger partial charge in [-0.2, -0.15) is 0 Å². The van der Waals surface area contributed by atoms with Crippen LogP contribution in [0.5, 0.6) is 11.5 Å². The van der Waals surface area contributed by atoms with Gasteiger partial charge < -0.3 is 19.1 Å². The minimum absolute atomic E-state index is 0.212. The number of methoxy groups -OCH3 is 2. The largest absolute Gasteiger partial charge is 0.493 e. The Morgan fingerprint density at radius 2 is 1.72 bits per heavy atom. The number of piperidine rings is 1. The first kappa shape index (κ1) is 16.2. The first-order chi connectivity index (χ1) is 12.3. The number of rotatable bonds is 3. The van der Waals surface area contributed by atoms with Gasteiger partial charge in [-0.25, -0.2) is 0 Å². The van der Waals surface area contributed by atoms with Crippen molar-refractivity contribution in [3.05, 3.63) is 47.8 Å². The van der Waals surface area contributed by atoms with Crippen LogP contribution in [0, 0.1) is 0 Å². The molecule has 1 fully saturated rings. The van der Waals surface area contributed by atoms with Crippen molar-refractivity contribution in [2.45, 2.75) is 24.9 Å². The van der Waals surface area contributed by atoms with Gasteiger partial charge in [-0.1, -0.05) is 0 Å². The highest BCUT2D eigenvalue weighted by Gasteiger charge is 2.41. The third-order valence-corrected chi connectivity index (χ3v) is 5.45. The van der Waals surface area contributed by atoms with E-state index in [1.807, 2.05) is 12.4 Å². The zero-order chi connectivity index (χ0) is 17.3. The minimum Gasteiger partial charge on any atom is -0.493 e. The van der Waals surface area contributed by atoms with Crippen LogP contribution in [-0.2, 0) is 16.8 Å². The van der Waals surface area contributed by atoms with Crippen molar-refractivity contribution in [2.24, 2.45) is 0 Å². The Morgan fingerprint density at radius 3 is 2.40 bits per heavy atom. The topological polar surface area (TPSA) is 43.8 Å². The lowest BCUT2D eigenvalue weighted by molar-refractivity contribution is -0.0768. The summed E-state index contributed by atoms with van der Waals surface area (Å²) in [4.78, 5) is 6.52. The number of hydrogen-bond donors (Lipinski definition) is 0. The van der Waals surface area contributed by atoms with Gasteiger partial charge in [0.25, 0.3) is 0 Å². The number of fused-ring (bicyclic) bond motifs is 2. The summed E-state index contributed by atoms with van der Waals surface area (Å²) in [5, 5.41) is 0. The molecule has 1 saturated heterocycles. The fourth-order valence-corrected chi connectivity index (χ4v) is 4.08. The normalized spacial score (nSPS) is 18.7. The first-order valence-electron chi connectivity index (χ1n) is 8.80. The first-order valence-corrected chi connectivity index (χ1v) is 8.80. The number of nitrogens with zero attached hydrogens (tertiary/aromatic N) is 2. The van der Waals surface area contributed by atoms with Gasteiger partial charge in [0.2, 0.25) is 0 Å². The second-order valence-electron chi connectivity index (χ2n) is 6.65. The lowest BCUT2D eigenvalue weighted by atomic mass is 9.79. The SMILES string of the molecule is COc1cc2c(cc1OC)C1(CCN(c3ccncc3)CC1)OCC2. The number of pyridine rings is 1. The van der Waals surface area contributed by atoms with E-state index >= 15 is 0 Å². The van der Waals surface area contributed by atoms with Crippen LogP contribution in [0.25, 0.3) is 0 Å². The monoisotopic (exact) mass is 340 g/mol. The molecule has 4 rings (SSSR count). The van der Waals surface area contributed by atoms with Crippen molar-refractivity contribution in [2.75, 3.05) is 38.8 Å². The van der Waals surface area contributed by atoms with Gasteiger partial charge in [0.05, 0.1) is 26.4 Å². The Labute approximate surface area is 148 Å². The quantitative estimate of drug-likeness (QED) is 0.859. The smallest absolute Gasteiger partial charge is 0.161 e. The summed E-state index contributed by atoms with van der Waals surface area (Å²) < 4.78 is 17.4. The summed E-state index contributed by atoms with van der Waals surface area (Å²) in [5.74, 6) is 1.58. The van der Waals surface area contributed by atoms with E-state index in [0.717, 1.165) is 50.5 Å². The molecule has 0 N–H and O–H groups in total. The molecule has 1 spiro atoms. The second kappa shape index (κ2) is 6.56. The minimum atomic E-state index is -0.212. The highest BCUT2D eigenvalue weighted by Crippen LogP contribution is 2.45.